The Morgan fingerprint density at radius 3 is 2.39 bits per heavy atom. The van der Waals surface area contributed by atoms with Gasteiger partial charge in [-0.15, -0.1) is 0 Å². The van der Waals surface area contributed by atoms with E-state index in [1.807, 2.05) is 61.5 Å². The van der Waals surface area contributed by atoms with Crippen LogP contribution in [0.25, 0.3) is 0 Å². The first-order valence-electron chi connectivity index (χ1n) is 9.12. The van der Waals surface area contributed by atoms with E-state index < -0.39 is 0 Å². The fourth-order valence-corrected chi connectivity index (χ4v) is 2.82. The molecular formula is C23H23N3O2. The summed E-state index contributed by atoms with van der Waals surface area (Å²) in [5, 5.41) is 2.84. The van der Waals surface area contributed by atoms with Gasteiger partial charge >= 0.3 is 0 Å². The fourth-order valence-electron chi connectivity index (χ4n) is 2.82. The quantitative estimate of drug-likeness (QED) is 0.718. The third kappa shape index (κ3) is 5.04. The van der Waals surface area contributed by atoms with E-state index in [0.29, 0.717) is 18.7 Å². The van der Waals surface area contributed by atoms with Gasteiger partial charge in [0.05, 0.1) is 0 Å². The zero-order chi connectivity index (χ0) is 19.9. The monoisotopic (exact) mass is 373 g/mol. The van der Waals surface area contributed by atoms with E-state index in [9.17, 15) is 9.59 Å². The molecule has 0 unspecified atom stereocenters. The largest absolute Gasteiger partial charge is 0.347 e. The average Bonchev–Trinajstić information content (AvgIpc) is 2.73. The van der Waals surface area contributed by atoms with Crippen molar-refractivity contribution in [3.8, 4) is 0 Å². The van der Waals surface area contributed by atoms with Crippen molar-refractivity contribution in [2.45, 2.75) is 20.0 Å². The van der Waals surface area contributed by atoms with E-state index in [1.165, 1.54) is 17.8 Å². The van der Waals surface area contributed by atoms with Crippen molar-refractivity contribution in [1.82, 2.24) is 15.2 Å². The Bertz CT molecular complexity index is 953. The number of aromatic nitrogens is 1. The Morgan fingerprint density at radius 2 is 1.68 bits per heavy atom. The number of carbonyl (C=O) groups is 2. The van der Waals surface area contributed by atoms with Gasteiger partial charge < -0.3 is 10.2 Å². The second-order valence-electron chi connectivity index (χ2n) is 6.74. The lowest BCUT2D eigenvalue weighted by Gasteiger charge is -2.17. The summed E-state index contributed by atoms with van der Waals surface area (Å²) in [6, 6.07) is 20.9. The van der Waals surface area contributed by atoms with E-state index in [-0.39, 0.29) is 17.5 Å². The summed E-state index contributed by atoms with van der Waals surface area (Å²) in [4.78, 5) is 30.9. The molecule has 0 spiro atoms. The Morgan fingerprint density at radius 1 is 0.964 bits per heavy atom. The van der Waals surface area contributed by atoms with Gasteiger partial charge in [-0.25, -0.2) is 0 Å². The lowest BCUT2D eigenvalue weighted by atomic mass is 10.1. The van der Waals surface area contributed by atoms with Crippen LogP contribution in [-0.2, 0) is 13.1 Å². The van der Waals surface area contributed by atoms with Crippen LogP contribution < -0.4 is 5.32 Å². The summed E-state index contributed by atoms with van der Waals surface area (Å²) in [6.07, 6.45) is 1.49. The lowest BCUT2D eigenvalue weighted by molar-refractivity contribution is 0.0785. The molecule has 1 heterocycles. The van der Waals surface area contributed by atoms with Crippen LogP contribution in [0.1, 0.15) is 37.5 Å². The second-order valence-corrected chi connectivity index (χ2v) is 6.74. The number of rotatable bonds is 6. The molecule has 3 rings (SSSR count). The predicted octanol–water partition coefficient (Wildman–Crippen LogP) is 3.59. The molecule has 1 aromatic heterocycles. The number of hydrogen-bond acceptors (Lipinski definition) is 3. The van der Waals surface area contributed by atoms with Gasteiger partial charge in [0.1, 0.15) is 5.69 Å². The van der Waals surface area contributed by atoms with Crippen LogP contribution in [0.5, 0.6) is 0 Å². The molecule has 3 aromatic rings. The summed E-state index contributed by atoms with van der Waals surface area (Å²) in [5.41, 5.74) is 3.89. The first-order chi connectivity index (χ1) is 13.5. The Balaban J connectivity index is 1.64. The highest BCUT2D eigenvalue weighted by Crippen LogP contribution is 2.10. The molecule has 0 saturated carbocycles. The number of benzene rings is 2. The molecule has 28 heavy (non-hydrogen) atoms. The summed E-state index contributed by atoms with van der Waals surface area (Å²) in [7, 11) is 1.74. The molecule has 0 bridgehead atoms. The van der Waals surface area contributed by atoms with Gasteiger partial charge in [-0.3, -0.25) is 14.6 Å². The summed E-state index contributed by atoms with van der Waals surface area (Å²) >= 11 is 0. The van der Waals surface area contributed by atoms with Gasteiger partial charge in [0.15, 0.2) is 0 Å². The third-order valence-electron chi connectivity index (χ3n) is 4.42. The number of pyridine rings is 1. The van der Waals surface area contributed by atoms with E-state index in [2.05, 4.69) is 10.3 Å². The predicted molar refractivity (Wildman–Crippen MR) is 109 cm³/mol. The SMILES string of the molecule is Cc1ccc(CNC(=O)c2cc(C(=O)N(C)Cc3ccccc3)ccn2)cc1. The molecule has 0 aliphatic rings. The molecule has 2 aromatic carbocycles. The van der Waals surface area contributed by atoms with E-state index in [1.54, 1.807) is 18.0 Å². The summed E-state index contributed by atoms with van der Waals surface area (Å²) < 4.78 is 0. The number of nitrogens with one attached hydrogen (secondary N) is 1. The van der Waals surface area contributed by atoms with Crippen LogP contribution >= 0.6 is 0 Å². The maximum Gasteiger partial charge on any atom is 0.270 e. The zero-order valence-electron chi connectivity index (χ0n) is 16.1. The topological polar surface area (TPSA) is 62.3 Å². The highest BCUT2D eigenvalue weighted by Gasteiger charge is 2.15. The molecule has 5 nitrogen and oxygen atoms in total. The van der Waals surface area contributed by atoms with Crippen LogP contribution in [0.3, 0.4) is 0 Å². The van der Waals surface area contributed by atoms with Crippen molar-refractivity contribution < 1.29 is 9.59 Å². The van der Waals surface area contributed by atoms with Crippen LogP contribution in [-0.4, -0.2) is 28.7 Å². The minimum Gasteiger partial charge on any atom is -0.347 e. The summed E-state index contributed by atoms with van der Waals surface area (Å²) in [6.45, 7) is 2.92. The van der Waals surface area contributed by atoms with Crippen LogP contribution in [0.4, 0.5) is 0 Å². The number of hydrogen-bond donors (Lipinski definition) is 1. The van der Waals surface area contributed by atoms with Crippen molar-refractivity contribution in [2.24, 2.45) is 0 Å². The molecule has 0 aliphatic heterocycles. The first kappa shape index (κ1) is 19.3. The smallest absolute Gasteiger partial charge is 0.270 e. The highest BCUT2D eigenvalue weighted by molar-refractivity contribution is 5.98. The van der Waals surface area contributed by atoms with Crippen molar-refractivity contribution in [3.05, 3.63) is 101 Å². The van der Waals surface area contributed by atoms with Crippen LogP contribution in [0, 0.1) is 6.92 Å². The number of aryl methyl sites for hydroxylation is 1. The normalized spacial score (nSPS) is 10.4. The van der Waals surface area contributed by atoms with E-state index in [0.717, 1.165) is 11.1 Å². The molecular weight excluding hydrogens is 350 g/mol. The molecule has 2 amide bonds. The average molecular weight is 373 g/mol. The molecule has 0 saturated heterocycles. The van der Waals surface area contributed by atoms with Gasteiger partial charge in [0.2, 0.25) is 0 Å². The minimum absolute atomic E-state index is 0.154. The molecule has 0 radical (unpaired) electrons. The maximum absolute atomic E-state index is 12.7. The fraction of sp³-hybridized carbons (Fsp3) is 0.174. The molecule has 142 valence electrons. The summed E-state index contributed by atoms with van der Waals surface area (Å²) in [5.74, 6) is -0.459. The van der Waals surface area contributed by atoms with E-state index >= 15 is 0 Å². The lowest BCUT2D eigenvalue weighted by Crippen LogP contribution is -2.27. The first-order valence-corrected chi connectivity index (χ1v) is 9.12. The number of nitrogens with zero attached hydrogens (tertiary/aromatic N) is 2. The van der Waals surface area contributed by atoms with Gasteiger partial charge in [-0.05, 0) is 30.2 Å². The zero-order valence-corrected chi connectivity index (χ0v) is 16.1. The van der Waals surface area contributed by atoms with Crippen molar-refractivity contribution in [2.75, 3.05) is 7.05 Å². The number of carbonyl (C=O) groups excluding carboxylic acids is 2. The molecule has 5 heteroatoms. The maximum atomic E-state index is 12.7. The highest BCUT2D eigenvalue weighted by atomic mass is 16.2. The van der Waals surface area contributed by atoms with Gasteiger partial charge in [0.25, 0.3) is 11.8 Å². The molecule has 0 fully saturated rings. The van der Waals surface area contributed by atoms with Gasteiger partial charge in [-0.2, -0.15) is 0 Å². The van der Waals surface area contributed by atoms with Crippen molar-refractivity contribution in [1.29, 1.82) is 0 Å². The van der Waals surface area contributed by atoms with Crippen molar-refractivity contribution in [3.63, 3.8) is 0 Å². The molecule has 1 N–H and O–H groups in total. The minimum atomic E-state index is -0.305. The third-order valence-corrected chi connectivity index (χ3v) is 4.42. The Hall–Kier alpha value is -3.47. The van der Waals surface area contributed by atoms with Gasteiger partial charge in [-0.1, -0.05) is 60.2 Å². The van der Waals surface area contributed by atoms with Crippen LogP contribution in [0.15, 0.2) is 72.9 Å². The van der Waals surface area contributed by atoms with Gasteiger partial charge in [0, 0.05) is 31.9 Å². The van der Waals surface area contributed by atoms with E-state index in [4.69, 9.17) is 0 Å². The van der Waals surface area contributed by atoms with Crippen molar-refractivity contribution >= 4 is 11.8 Å². The van der Waals surface area contributed by atoms with Crippen LogP contribution in [0.2, 0.25) is 0 Å². The second kappa shape index (κ2) is 8.95. The standard InChI is InChI=1S/C23H23N3O2/c1-17-8-10-18(11-9-17)15-25-22(27)21-14-20(12-13-24-21)23(28)26(2)16-19-6-4-3-5-7-19/h3-14H,15-16H2,1-2H3,(H,25,27). The molecule has 0 aliphatic carbocycles. The Labute approximate surface area is 165 Å². The Kier molecular flexibility index (Phi) is 6.17. The number of amides is 2. The molecule has 0 atom stereocenters.